The SMILES string of the molecule is CO/C=C(/C(=O)OC)c1cc(CCCCCC(=O)O)ccc1Oc1cc(Oc2ccccc2C#N)ncn1. The lowest BCUT2D eigenvalue weighted by Crippen LogP contribution is -2.07. The van der Waals surface area contributed by atoms with Gasteiger partial charge in [-0.1, -0.05) is 24.6 Å². The number of methoxy groups -OCH3 is 2. The summed E-state index contributed by atoms with van der Waals surface area (Å²) < 4.78 is 21.8. The highest BCUT2D eigenvalue weighted by Crippen LogP contribution is 2.33. The quantitative estimate of drug-likeness (QED) is 0.138. The molecule has 10 heteroatoms. The van der Waals surface area contributed by atoms with Crippen molar-refractivity contribution in [3.05, 3.63) is 77.8 Å². The van der Waals surface area contributed by atoms with Crippen LogP contribution in [-0.4, -0.2) is 41.2 Å². The smallest absolute Gasteiger partial charge is 0.341 e. The zero-order chi connectivity index (χ0) is 27.3. The number of benzene rings is 2. The van der Waals surface area contributed by atoms with Gasteiger partial charge in [0.15, 0.2) is 0 Å². The zero-order valence-electron chi connectivity index (χ0n) is 21.0. The van der Waals surface area contributed by atoms with Gasteiger partial charge in [0, 0.05) is 12.0 Å². The third-order valence-electron chi connectivity index (χ3n) is 5.38. The molecule has 0 amide bonds. The van der Waals surface area contributed by atoms with Gasteiger partial charge in [-0.15, -0.1) is 0 Å². The van der Waals surface area contributed by atoms with Gasteiger partial charge in [-0.2, -0.15) is 5.26 Å². The van der Waals surface area contributed by atoms with Gasteiger partial charge in [0.25, 0.3) is 0 Å². The number of carbonyl (C=O) groups excluding carboxylic acids is 1. The number of carboxylic acid groups (broad SMARTS) is 1. The van der Waals surface area contributed by atoms with Crippen molar-refractivity contribution in [2.24, 2.45) is 0 Å². The Bertz CT molecular complexity index is 1350. The number of para-hydroxylation sites is 1. The van der Waals surface area contributed by atoms with E-state index in [0.717, 1.165) is 18.4 Å². The summed E-state index contributed by atoms with van der Waals surface area (Å²) in [7, 11) is 2.69. The number of carboxylic acids is 1. The van der Waals surface area contributed by atoms with E-state index in [1.165, 1.54) is 32.9 Å². The minimum absolute atomic E-state index is 0.133. The third-order valence-corrected chi connectivity index (χ3v) is 5.38. The molecule has 196 valence electrons. The molecule has 1 heterocycles. The van der Waals surface area contributed by atoms with Gasteiger partial charge in [-0.05, 0) is 49.1 Å². The van der Waals surface area contributed by atoms with Crippen molar-refractivity contribution in [3.8, 4) is 29.3 Å². The molecule has 0 fully saturated rings. The van der Waals surface area contributed by atoms with E-state index < -0.39 is 11.9 Å². The molecule has 38 heavy (non-hydrogen) atoms. The second-order valence-electron chi connectivity index (χ2n) is 8.05. The lowest BCUT2D eigenvalue weighted by atomic mass is 9.99. The normalized spacial score (nSPS) is 10.8. The van der Waals surface area contributed by atoms with E-state index in [9.17, 15) is 14.9 Å². The number of nitrogens with zero attached hydrogens (tertiary/aromatic N) is 3. The maximum atomic E-state index is 12.5. The zero-order valence-corrected chi connectivity index (χ0v) is 21.0. The Morgan fingerprint density at radius 2 is 1.71 bits per heavy atom. The number of aromatic nitrogens is 2. The first-order valence-corrected chi connectivity index (χ1v) is 11.8. The largest absolute Gasteiger partial charge is 0.503 e. The van der Waals surface area contributed by atoms with Crippen LogP contribution >= 0.6 is 0 Å². The van der Waals surface area contributed by atoms with E-state index in [2.05, 4.69) is 16.0 Å². The number of aryl methyl sites for hydroxylation is 1. The Morgan fingerprint density at radius 1 is 0.974 bits per heavy atom. The number of aliphatic carboxylic acids is 1. The van der Waals surface area contributed by atoms with Crippen LogP contribution in [0.5, 0.6) is 23.3 Å². The molecule has 0 radical (unpaired) electrons. The standard InChI is InChI=1S/C28H27N3O7/c1-35-17-22(28(34)36-2)21-14-19(8-4-3-5-11-27(32)33)12-13-24(21)38-26-15-25(30-18-31-26)37-23-10-7-6-9-20(23)16-29/h6-7,9-10,12-15,17-18H,3-5,8,11H2,1-2H3,(H,32,33)/b22-17+. The summed E-state index contributed by atoms with van der Waals surface area (Å²) in [5.74, 6) is -0.463. The van der Waals surface area contributed by atoms with Crippen LogP contribution in [0.15, 0.2) is 61.1 Å². The molecule has 10 nitrogen and oxygen atoms in total. The van der Waals surface area contributed by atoms with Crippen LogP contribution in [0.25, 0.3) is 5.57 Å². The number of unbranched alkanes of at least 4 members (excludes halogenated alkanes) is 2. The number of carbonyl (C=O) groups is 2. The van der Waals surface area contributed by atoms with E-state index in [-0.39, 0.29) is 23.8 Å². The fourth-order valence-electron chi connectivity index (χ4n) is 3.57. The fraction of sp³-hybridized carbons (Fsp3) is 0.250. The number of hydrogen-bond donors (Lipinski definition) is 1. The van der Waals surface area contributed by atoms with Crippen molar-refractivity contribution in [2.75, 3.05) is 14.2 Å². The molecule has 1 N–H and O–H groups in total. The van der Waals surface area contributed by atoms with Gasteiger partial charge in [0.05, 0.1) is 32.1 Å². The minimum atomic E-state index is -0.811. The second-order valence-corrected chi connectivity index (χ2v) is 8.05. The molecule has 3 aromatic rings. The predicted octanol–water partition coefficient (Wildman–Crippen LogP) is 5.28. The van der Waals surface area contributed by atoms with Gasteiger partial charge >= 0.3 is 11.9 Å². The predicted molar refractivity (Wildman–Crippen MR) is 137 cm³/mol. The van der Waals surface area contributed by atoms with Crippen LogP contribution in [0.2, 0.25) is 0 Å². The number of ether oxygens (including phenoxy) is 4. The summed E-state index contributed by atoms with van der Waals surface area (Å²) in [6, 6.07) is 15.7. The summed E-state index contributed by atoms with van der Waals surface area (Å²) in [6.45, 7) is 0. The molecule has 0 bridgehead atoms. The van der Waals surface area contributed by atoms with Crippen molar-refractivity contribution in [3.63, 3.8) is 0 Å². The average Bonchev–Trinajstić information content (AvgIpc) is 2.92. The molecule has 0 aliphatic rings. The summed E-state index contributed by atoms with van der Waals surface area (Å²) in [4.78, 5) is 31.5. The monoisotopic (exact) mass is 517 g/mol. The Morgan fingerprint density at radius 3 is 2.39 bits per heavy atom. The van der Waals surface area contributed by atoms with Crippen molar-refractivity contribution in [1.29, 1.82) is 5.26 Å². The highest BCUT2D eigenvalue weighted by Gasteiger charge is 2.20. The molecule has 1 aromatic heterocycles. The first-order chi connectivity index (χ1) is 18.4. The number of rotatable bonds is 13. The molecule has 0 unspecified atom stereocenters. The first-order valence-electron chi connectivity index (χ1n) is 11.8. The highest BCUT2D eigenvalue weighted by atomic mass is 16.5. The van der Waals surface area contributed by atoms with Crippen LogP contribution in [0.1, 0.15) is 42.4 Å². The molecule has 0 atom stereocenters. The van der Waals surface area contributed by atoms with Crippen molar-refractivity contribution >= 4 is 17.5 Å². The Balaban J connectivity index is 1.87. The van der Waals surface area contributed by atoms with Gasteiger partial charge in [-0.25, -0.2) is 14.8 Å². The average molecular weight is 518 g/mol. The molecule has 0 aliphatic heterocycles. The highest BCUT2D eigenvalue weighted by molar-refractivity contribution is 6.17. The maximum absolute atomic E-state index is 12.5. The van der Waals surface area contributed by atoms with Gasteiger partial charge < -0.3 is 24.1 Å². The lowest BCUT2D eigenvalue weighted by molar-refractivity contribution is -0.137. The van der Waals surface area contributed by atoms with E-state index >= 15 is 0 Å². The van der Waals surface area contributed by atoms with E-state index in [0.29, 0.717) is 35.5 Å². The van der Waals surface area contributed by atoms with E-state index in [1.807, 2.05) is 6.07 Å². The Hall–Kier alpha value is -4.91. The summed E-state index contributed by atoms with van der Waals surface area (Å²) >= 11 is 0. The van der Waals surface area contributed by atoms with Crippen molar-refractivity contribution < 1.29 is 33.6 Å². The van der Waals surface area contributed by atoms with Crippen LogP contribution in [0.4, 0.5) is 0 Å². The van der Waals surface area contributed by atoms with Crippen molar-refractivity contribution in [1.82, 2.24) is 9.97 Å². The summed E-state index contributed by atoms with van der Waals surface area (Å²) in [6.07, 6.45) is 5.49. The summed E-state index contributed by atoms with van der Waals surface area (Å²) in [5.41, 5.74) is 1.85. The number of nitriles is 1. The number of esters is 1. The van der Waals surface area contributed by atoms with Gasteiger partial charge in [0.2, 0.25) is 11.8 Å². The molecule has 0 saturated heterocycles. The van der Waals surface area contributed by atoms with Gasteiger partial charge in [-0.3, -0.25) is 4.79 Å². The van der Waals surface area contributed by atoms with Crippen LogP contribution in [0, 0.1) is 11.3 Å². The third kappa shape index (κ3) is 7.80. The van der Waals surface area contributed by atoms with Crippen LogP contribution in [0.3, 0.4) is 0 Å². The minimum Gasteiger partial charge on any atom is -0.503 e. The van der Waals surface area contributed by atoms with Crippen LogP contribution in [-0.2, 0) is 25.5 Å². The van der Waals surface area contributed by atoms with Crippen LogP contribution < -0.4 is 9.47 Å². The van der Waals surface area contributed by atoms with Crippen molar-refractivity contribution in [2.45, 2.75) is 32.1 Å². The molecule has 2 aromatic carbocycles. The molecule has 0 saturated carbocycles. The second kappa shape index (κ2) is 14.0. The molecule has 0 spiro atoms. The molecule has 0 aliphatic carbocycles. The first kappa shape index (κ1) is 27.7. The molecular weight excluding hydrogens is 490 g/mol. The maximum Gasteiger partial charge on any atom is 0.341 e. The Labute approximate surface area is 220 Å². The topological polar surface area (TPSA) is 141 Å². The lowest BCUT2D eigenvalue weighted by Gasteiger charge is -2.14. The van der Waals surface area contributed by atoms with Gasteiger partial charge in [0.1, 0.15) is 29.5 Å². The fourth-order valence-corrected chi connectivity index (χ4v) is 3.57. The molecular formula is C28H27N3O7. The summed E-state index contributed by atoms with van der Waals surface area (Å²) in [5, 5.41) is 18.1. The van der Waals surface area contributed by atoms with E-state index in [1.54, 1.807) is 36.4 Å². The Kier molecular flexibility index (Phi) is 10.2. The molecule has 3 rings (SSSR count). The van der Waals surface area contributed by atoms with E-state index in [4.69, 9.17) is 24.1 Å². The number of hydrogen-bond acceptors (Lipinski definition) is 9.